The highest BCUT2D eigenvalue weighted by molar-refractivity contribution is 6.76. The van der Waals surface area contributed by atoms with E-state index in [1.807, 2.05) is 6.08 Å². The Hall–Kier alpha value is -0.823. The topological polar surface area (TPSA) is 0 Å². The van der Waals surface area contributed by atoms with Crippen LogP contribution in [-0.2, 0) is 0 Å². The molecule has 0 nitrogen and oxygen atoms in total. The normalized spacial score (nSPS) is 11.4. The van der Waals surface area contributed by atoms with Crippen molar-refractivity contribution in [3.8, 4) is 0 Å². The number of hydrogen-bond acceptors (Lipinski definition) is 0. The van der Waals surface area contributed by atoms with E-state index in [0.717, 1.165) is 11.1 Å². The maximum atomic E-state index is 3.91. The van der Waals surface area contributed by atoms with Gasteiger partial charge in [-0.3, -0.25) is 0 Å². The summed E-state index contributed by atoms with van der Waals surface area (Å²) in [5.41, 5.74) is 2.88. The number of rotatable bonds is 4. The van der Waals surface area contributed by atoms with Gasteiger partial charge in [0.05, 0.1) is 8.80 Å². The first-order chi connectivity index (χ1) is 7.07. The van der Waals surface area contributed by atoms with Crippen LogP contribution in [0.1, 0.15) is 33.3 Å². The molecule has 0 bridgehead atoms. The first-order valence-corrected chi connectivity index (χ1v) is 7.32. The van der Waals surface area contributed by atoms with Gasteiger partial charge in [0.2, 0.25) is 0 Å². The molecule has 1 aromatic rings. The van der Waals surface area contributed by atoms with Crippen LogP contribution in [0.3, 0.4) is 0 Å². The molecule has 1 radical (unpaired) electrons. The quantitative estimate of drug-likeness (QED) is 0.672. The first kappa shape index (κ1) is 12.2. The fraction of sp³-hybridized carbons (Fsp3) is 0.429. The summed E-state index contributed by atoms with van der Waals surface area (Å²) in [6.45, 7) is 13.3. The summed E-state index contributed by atoms with van der Waals surface area (Å²) in [7, 11) is -0.469. The van der Waals surface area contributed by atoms with Crippen molar-refractivity contribution in [1.29, 1.82) is 0 Å². The smallest absolute Gasteiger partial charge is 0.0918 e. The average molecular weight is 217 g/mol. The van der Waals surface area contributed by atoms with Crippen LogP contribution in [0.2, 0.25) is 11.1 Å². The second kappa shape index (κ2) is 5.31. The minimum Gasteiger partial charge on any atom is -0.0985 e. The van der Waals surface area contributed by atoms with E-state index in [1.165, 1.54) is 5.56 Å². The van der Waals surface area contributed by atoms with Gasteiger partial charge in [0.25, 0.3) is 0 Å². The summed E-state index contributed by atoms with van der Waals surface area (Å²) < 4.78 is 0. The molecule has 1 rings (SSSR count). The fourth-order valence-corrected chi connectivity index (χ4v) is 5.61. The molecule has 81 valence electrons. The van der Waals surface area contributed by atoms with Crippen molar-refractivity contribution in [3.63, 3.8) is 0 Å². The molecule has 1 heteroatoms. The lowest BCUT2D eigenvalue weighted by Crippen LogP contribution is -2.37. The van der Waals surface area contributed by atoms with Gasteiger partial charge in [0.15, 0.2) is 0 Å². The van der Waals surface area contributed by atoms with Crippen molar-refractivity contribution >= 4 is 20.1 Å². The standard InChI is InChI=1S/C14H21Si/c1-6-13-9-7-8-10-14(13)15(11(2)3)12(4)5/h6-12H,1H2,2-5H3. The molecule has 15 heavy (non-hydrogen) atoms. The molecule has 0 aliphatic carbocycles. The van der Waals surface area contributed by atoms with Crippen LogP contribution in [0.4, 0.5) is 0 Å². The summed E-state index contributed by atoms with van der Waals surface area (Å²) in [4.78, 5) is 0. The van der Waals surface area contributed by atoms with E-state index >= 15 is 0 Å². The predicted molar refractivity (Wildman–Crippen MR) is 72.1 cm³/mol. The molecular weight excluding hydrogens is 196 g/mol. The first-order valence-electron chi connectivity index (χ1n) is 5.66. The van der Waals surface area contributed by atoms with Gasteiger partial charge >= 0.3 is 0 Å². The van der Waals surface area contributed by atoms with Crippen LogP contribution in [0, 0.1) is 0 Å². The van der Waals surface area contributed by atoms with Gasteiger partial charge in [0, 0.05) is 0 Å². The van der Waals surface area contributed by atoms with Gasteiger partial charge < -0.3 is 0 Å². The largest absolute Gasteiger partial charge is 0.0985 e. The van der Waals surface area contributed by atoms with Crippen LogP contribution in [-0.4, -0.2) is 8.80 Å². The Morgan fingerprint density at radius 3 is 2.07 bits per heavy atom. The number of benzene rings is 1. The van der Waals surface area contributed by atoms with Crippen LogP contribution in [0.5, 0.6) is 0 Å². The van der Waals surface area contributed by atoms with E-state index in [9.17, 15) is 0 Å². The third kappa shape index (κ3) is 2.82. The molecule has 0 saturated heterocycles. The number of hydrogen-bond donors (Lipinski definition) is 0. The van der Waals surface area contributed by atoms with E-state index in [4.69, 9.17) is 0 Å². The lowest BCUT2D eigenvalue weighted by molar-refractivity contribution is 0.951. The molecule has 1 aromatic carbocycles. The minimum atomic E-state index is -0.469. The van der Waals surface area contributed by atoms with Crippen LogP contribution in [0.15, 0.2) is 30.8 Å². The SMILES string of the molecule is C=Cc1ccccc1[Si](C(C)C)C(C)C. The zero-order valence-corrected chi connectivity index (χ0v) is 11.2. The van der Waals surface area contributed by atoms with E-state index in [2.05, 4.69) is 58.5 Å². The zero-order valence-electron chi connectivity index (χ0n) is 10.2. The van der Waals surface area contributed by atoms with E-state index in [1.54, 1.807) is 5.19 Å². The molecule has 0 unspecified atom stereocenters. The highest BCUT2D eigenvalue weighted by Gasteiger charge is 2.23. The molecule has 0 amide bonds. The molecule has 0 aliphatic heterocycles. The van der Waals surface area contributed by atoms with Gasteiger partial charge in [0.1, 0.15) is 0 Å². The third-order valence-electron chi connectivity index (χ3n) is 2.74. The van der Waals surface area contributed by atoms with Crippen molar-refractivity contribution in [3.05, 3.63) is 36.4 Å². The van der Waals surface area contributed by atoms with Gasteiger partial charge in [-0.2, -0.15) is 0 Å². The molecule has 0 aliphatic rings. The Bertz CT molecular complexity index is 318. The highest BCUT2D eigenvalue weighted by Crippen LogP contribution is 2.21. The van der Waals surface area contributed by atoms with Crippen molar-refractivity contribution < 1.29 is 0 Å². The van der Waals surface area contributed by atoms with Crippen LogP contribution < -0.4 is 5.19 Å². The van der Waals surface area contributed by atoms with Crippen molar-refractivity contribution in [2.75, 3.05) is 0 Å². The Labute approximate surface area is 95.6 Å². The molecule has 0 aromatic heterocycles. The lowest BCUT2D eigenvalue weighted by Gasteiger charge is -2.24. The monoisotopic (exact) mass is 217 g/mol. The predicted octanol–water partition coefficient (Wildman–Crippen LogP) is 3.85. The summed E-state index contributed by atoms with van der Waals surface area (Å²) >= 11 is 0. The summed E-state index contributed by atoms with van der Waals surface area (Å²) in [6, 6.07) is 8.71. The van der Waals surface area contributed by atoms with Gasteiger partial charge in [-0.1, -0.05) is 69.8 Å². The van der Waals surface area contributed by atoms with Crippen molar-refractivity contribution in [2.45, 2.75) is 38.8 Å². The second-order valence-electron chi connectivity index (χ2n) is 4.56. The average Bonchev–Trinajstić information content (AvgIpc) is 2.17. The molecule has 0 N–H and O–H groups in total. The molecular formula is C14H21Si. The minimum absolute atomic E-state index is 0.469. The summed E-state index contributed by atoms with van der Waals surface area (Å²) in [5.74, 6) is 0. The van der Waals surface area contributed by atoms with Crippen molar-refractivity contribution in [2.24, 2.45) is 0 Å². The Morgan fingerprint density at radius 2 is 1.60 bits per heavy atom. The molecule has 0 atom stereocenters. The molecule has 0 saturated carbocycles. The fourth-order valence-electron chi connectivity index (χ4n) is 2.23. The second-order valence-corrected chi connectivity index (χ2v) is 8.31. The van der Waals surface area contributed by atoms with E-state index in [-0.39, 0.29) is 0 Å². The summed E-state index contributed by atoms with van der Waals surface area (Å²) in [5, 5.41) is 1.54. The molecule has 0 fully saturated rings. The Balaban J connectivity index is 3.16. The maximum Gasteiger partial charge on any atom is 0.0918 e. The van der Waals surface area contributed by atoms with Gasteiger partial charge in [-0.25, -0.2) is 0 Å². The Kier molecular flexibility index (Phi) is 4.34. The maximum absolute atomic E-state index is 3.91. The van der Waals surface area contributed by atoms with Crippen LogP contribution in [0.25, 0.3) is 6.08 Å². The van der Waals surface area contributed by atoms with Gasteiger partial charge in [-0.15, -0.1) is 0 Å². The summed E-state index contributed by atoms with van der Waals surface area (Å²) in [6.07, 6.45) is 1.99. The third-order valence-corrected chi connectivity index (χ3v) is 6.30. The molecule has 0 spiro atoms. The van der Waals surface area contributed by atoms with E-state index < -0.39 is 8.80 Å². The lowest BCUT2D eigenvalue weighted by atomic mass is 10.2. The Morgan fingerprint density at radius 1 is 1.07 bits per heavy atom. The van der Waals surface area contributed by atoms with E-state index in [0.29, 0.717) is 0 Å². The molecule has 0 heterocycles. The highest BCUT2D eigenvalue weighted by atomic mass is 28.3. The van der Waals surface area contributed by atoms with Crippen LogP contribution >= 0.6 is 0 Å². The van der Waals surface area contributed by atoms with Crippen molar-refractivity contribution in [1.82, 2.24) is 0 Å². The zero-order chi connectivity index (χ0) is 11.4. The van der Waals surface area contributed by atoms with Gasteiger partial charge in [-0.05, 0) is 16.6 Å².